The van der Waals surface area contributed by atoms with Gasteiger partial charge in [-0.05, 0) is 31.5 Å². The van der Waals surface area contributed by atoms with Gasteiger partial charge in [-0.3, -0.25) is 14.0 Å². The predicted molar refractivity (Wildman–Crippen MR) is 130 cm³/mol. The molecule has 1 atom stereocenters. The Morgan fingerprint density at radius 1 is 1.21 bits per heavy atom. The molecule has 0 aliphatic carbocycles. The van der Waals surface area contributed by atoms with Gasteiger partial charge in [0.15, 0.2) is 4.96 Å². The molecule has 1 fully saturated rings. The van der Waals surface area contributed by atoms with Crippen molar-refractivity contribution in [2.75, 3.05) is 18.2 Å². The number of fused-ring (bicyclic) bond motifs is 1. The van der Waals surface area contributed by atoms with E-state index in [1.165, 1.54) is 34.8 Å². The van der Waals surface area contributed by atoms with Gasteiger partial charge in [0.2, 0.25) is 0 Å². The summed E-state index contributed by atoms with van der Waals surface area (Å²) in [5.74, 6) is 0.537. The van der Waals surface area contributed by atoms with Gasteiger partial charge in [-0.15, -0.1) is 34.4 Å². The van der Waals surface area contributed by atoms with Gasteiger partial charge in [-0.1, -0.05) is 12.1 Å². The Bertz CT molecular complexity index is 1340. The van der Waals surface area contributed by atoms with Gasteiger partial charge < -0.3 is 10.2 Å². The van der Waals surface area contributed by atoms with Crippen LogP contribution >= 0.6 is 34.4 Å². The molecule has 5 rings (SSSR count). The van der Waals surface area contributed by atoms with E-state index in [0.717, 1.165) is 26.2 Å². The molecule has 0 saturated carbocycles. The van der Waals surface area contributed by atoms with E-state index in [0.29, 0.717) is 29.5 Å². The van der Waals surface area contributed by atoms with Crippen LogP contribution in [0.2, 0.25) is 0 Å². The first-order valence-corrected chi connectivity index (χ1v) is 13.1. The second kappa shape index (κ2) is 8.88. The summed E-state index contributed by atoms with van der Waals surface area (Å²) in [5.41, 5.74) is 2.33. The molecule has 0 radical (unpaired) electrons. The molecule has 4 heterocycles. The average molecular weight is 502 g/mol. The smallest absolute Gasteiger partial charge is 0.275 e. The molecule has 1 saturated heterocycles. The normalized spacial score (nSPS) is 16.0. The van der Waals surface area contributed by atoms with Crippen LogP contribution in [0.3, 0.4) is 0 Å². The quantitative estimate of drug-likeness (QED) is 0.443. The standard InChI is InChI=1S/C22H20FN5O2S3/c1-12-18(27-7-8-32-22(27)25-12)20(29)24-9-16-10-31-11-28(16)21(30)17-19(33-13(2)26-17)14-3-5-15(23)6-4-14/h3-8,16H,9-11H2,1-2H3,(H,24,29)/t16-/m1/s1. The number of nitrogens with one attached hydrogen (secondary N) is 1. The number of carbonyl (C=O) groups excluding carboxylic acids is 2. The third kappa shape index (κ3) is 4.16. The number of hydrogen-bond acceptors (Lipinski definition) is 7. The lowest BCUT2D eigenvalue weighted by Crippen LogP contribution is -2.44. The number of benzene rings is 1. The summed E-state index contributed by atoms with van der Waals surface area (Å²) in [4.78, 5) is 38.5. The van der Waals surface area contributed by atoms with Crippen molar-refractivity contribution in [2.45, 2.75) is 19.9 Å². The highest BCUT2D eigenvalue weighted by Crippen LogP contribution is 2.33. The van der Waals surface area contributed by atoms with E-state index in [4.69, 9.17) is 0 Å². The minimum Gasteiger partial charge on any atom is -0.349 e. The molecule has 1 aromatic carbocycles. The van der Waals surface area contributed by atoms with E-state index >= 15 is 0 Å². The Morgan fingerprint density at radius 2 is 2.00 bits per heavy atom. The maximum absolute atomic E-state index is 13.5. The fourth-order valence-electron chi connectivity index (χ4n) is 3.84. The maximum Gasteiger partial charge on any atom is 0.275 e. The van der Waals surface area contributed by atoms with Crippen LogP contribution in [0.25, 0.3) is 15.4 Å². The highest BCUT2D eigenvalue weighted by Gasteiger charge is 2.33. The number of imidazole rings is 1. The molecule has 33 heavy (non-hydrogen) atoms. The zero-order valence-electron chi connectivity index (χ0n) is 17.9. The van der Waals surface area contributed by atoms with Crippen molar-refractivity contribution in [1.82, 2.24) is 24.6 Å². The number of hydrogen-bond donors (Lipinski definition) is 1. The molecule has 170 valence electrons. The Kier molecular flexibility index (Phi) is 5.94. The Hall–Kier alpha value is -2.76. The summed E-state index contributed by atoms with van der Waals surface area (Å²) in [6.07, 6.45) is 1.83. The summed E-state index contributed by atoms with van der Waals surface area (Å²) in [7, 11) is 0. The molecule has 0 unspecified atom stereocenters. The first-order chi connectivity index (χ1) is 15.9. The lowest BCUT2D eigenvalue weighted by Gasteiger charge is -2.23. The van der Waals surface area contributed by atoms with Gasteiger partial charge in [0.25, 0.3) is 11.8 Å². The maximum atomic E-state index is 13.5. The van der Waals surface area contributed by atoms with Gasteiger partial charge in [-0.2, -0.15) is 0 Å². The number of rotatable bonds is 5. The Morgan fingerprint density at radius 3 is 2.79 bits per heavy atom. The zero-order chi connectivity index (χ0) is 23.1. The average Bonchev–Trinajstić information content (AvgIpc) is 3.56. The Labute approximate surface area is 201 Å². The monoisotopic (exact) mass is 501 g/mol. The third-order valence-corrected chi connectivity index (χ3v) is 8.29. The minimum atomic E-state index is -0.326. The Balaban J connectivity index is 1.33. The van der Waals surface area contributed by atoms with E-state index in [-0.39, 0.29) is 23.7 Å². The number of thioether (sulfide) groups is 1. The van der Waals surface area contributed by atoms with Crippen LogP contribution < -0.4 is 5.32 Å². The summed E-state index contributed by atoms with van der Waals surface area (Å²) < 4.78 is 15.2. The number of aromatic nitrogens is 3. The van der Waals surface area contributed by atoms with Crippen LogP contribution in [0, 0.1) is 19.7 Å². The highest BCUT2D eigenvalue weighted by atomic mass is 32.2. The number of thiazole rings is 2. The van der Waals surface area contributed by atoms with Crippen LogP contribution in [0.4, 0.5) is 4.39 Å². The number of carbonyl (C=O) groups is 2. The first-order valence-electron chi connectivity index (χ1n) is 10.2. The number of nitrogens with zero attached hydrogens (tertiary/aromatic N) is 4. The predicted octanol–water partition coefficient (Wildman–Crippen LogP) is 4.22. The van der Waals surface area contributed by atoms with Gasteiger partial charge in [0.05, 0.1) is 27.5 Å². The number of halogens is 1. The molecule has 1 aliphatic rings. The molecular weight excluding hydrogens is 481 g/mol. The van der Waals surface area contributed by atoms with E-state index in [1.54, 1.807) is 33.2 Å². The molecule has 11 heteroatoms. The van der Waals surface area contributed by atoms with Crippen molar-refractivity contribution in [3.05, 3.63) is 63.7 Å². The third-order valence-electron chi connectivity index (χ3n) is 5.44. The number of aryl methyl sites for hydroxylation is 2. The topological polar surface area (TPSA) is 79.6 Å². The lowest BCUT2D eigenvalue weighted by molar-refractivity contribution is 0.0731. The molecule has 0 bridgehead atoms. The van der Waals surface area contributed by atoms with Crippen LogP contribution in [-0.4, -0.2) is 55.3 Å². The van der Waals surface area contributed by atoms with Crippen LogP contribution in [0.1, 0.15) is 31.7 Å². The molecule has 1 aliphatic heterocycles. The molecular formula is C22H20FN5O2S3. The van der Waals surface area contributed by atoms with E-state index in [2.05, 4.69) is 15.3 Å². The first kappa shape index (κ1) is 22.1. The van der Waals surface area contributed by atoms with Crippen LogP contribution in [0.15, 0.2) is 35.8 Å². The largest absolute Gasteiger partial charge is 0.349 e. The molecule has 0 spiro atoms. The van der Waals surface area contributed by atoms with Crippen molar-refractivity contribution < 1.29 is 14.0 Å². The fraction of sp³-hybridized carbons (Fsp3) is 0.273. The molecule has 4 aromatic rings. The van der Waals surface area contributed by atoms with Crippen LogP contribution in [0.5, 0.6) is 0 Å². The second-order valence-electron chi connectivity index (χ2n) is 7.66. The van der Waals surface area contributed by atoms with Gasteiger partial charge in [0.1, 0.15) is 17.2 Å². The van der Waals surface area contributed by atoms with Gasteiger partial charge >= 0.3 is 0 Å². The SMILES string of the molecule is Cc1nc(C(=O)N2CSC[C@H]2CNC(=O)c2c(C)nc3sccn23)c(-c2ccc(F)cc2)s1. The van der Waals surface area contributed by atoms with E-state index < -0.39 is 0 Å². The minimum absolute atomic E-state index is 0.152. The van der Waals surface area contributed by atoms with Crippen LogP contribution in [-0.2, 0) is 0 Å². The second-order valence-corrected chi connectivity index (χ2v) is 10.7. The van der Waals surface area contributed by atoms with Crippen molar-refractivity contribution in [3.63, 3.8) is 0 Å². The molecule has 2 amide bonds. The van der Waals surface area contributed by atoms with Gasteiger partial charge in [0, 0.05) is 23.9 Å². The molecule has 3 aromatic heterocycles. The summed E-state index contributed by atoms with van der Waals surface area (Å²) in [6.45, 7) is 4.00. The summed E-state index contributed by atoms with van der Waals surface area (Å²) in [5, 5.41) is 5.64. The fourth-order valence-corrected chi connectivity index (χ4v) is 6.72. The van der Waals surface area contributed by atoms with Crippen molar-refractivity contribution >= 4 is 51.2 Å². The van der Waals surface area contributed by atoms with Crippen molar-refractivity contribution in [1.29, 1.82) is 0 Å². The van der Waals surface area contributed by atoms with E-state index in [1.807, 2.05) is 25.4 Å². The molecule has 7 nitrogen and oxygen atoms in total. The lowest BCUT2D eigenvalue weighted by atomic mass is 10.1. The highest BCUT2D eigenvalue weighted by molar-refractivity contribution is 7.99. The summed E-state index contributed by atoms with van der Waals surface area (Å²) >= 11 is 4.54. The number of amides is 2. The zero-order valence-corrected chi connectivity index (χ0v) is 20.3. The van der Waals surface area contributed by atoms with Gasteiger partial charge in [-0.25, -0.2) is 14.4 Å². The van der Waals surface area contributed by atoms with E-state index in [9.17, 15) is 14.0 Å². The van der Waals surface area contributed by atoms with Crippen molar-refractivity contribution in [3.8, 4) is 10.4 Å². The summed E-state index contributed by atoms with van der Waals surface area (Å²) in [6, 6.07) is 5.93. The molecule has 1 N–H and O–H groups in total. The van der Waals surface area contributed by atoms with Crippen molar-refractivity contribution in [2.24, 2.45) is 0 Å².